The van der Waals surface area contributed by atoms with Crippen molar-refractivity contribution in [1.29, 1.82) is 0 Å². The van der Waals surface area contributed by atoms with Crippen LogP contribution in [0.3, 0.4) is 0 Å². The van der Waals surface area contributed by atoms with Gasteiger partial charge in [0, 0.05) is 25.9 Å². The molecule has 24 heteroatoms. The molecule has 17 N–H and O–H groups in total. The van der Waals surface area contributed by atoms with Crippen molar-refractivity contribution in [2.24, 2.45) is 39.6 Å². The minimum atomic E-state index is -1.46. The van der Waals surface area contributed by atoms with E-state index >= 15 is 0 Å². The fraction of sp³-hybridized carbons (Fsp3) is 0.667. The Kier molecular flexibility index (Phi) is 21.6. The molecule has 1 saturated heterocycles. The molecule has 1 rings (SSSR count). The van der Waals surface area contributed by atoms with Gasteiger partial charge in [0.2, 0.25) is 53.2 Å². The van der Waals surface area contributed by atoms with Crippen LogP contribution in [0.25, 0.3) is 0 Å². The van der Waals surface area contributed by atoms with E-state index < -0.39 is 108 Å². The van der Waals surface area contributed by atoms with Gasteiger partial charge in [-0.15, -0.1) is 0 Å². The molecule has 0 radical (unpaired) electrons. The van der Waals surface area contributed by atoms with Gasteiger partial charge in [-0.1, -0.05) is 20.3 Å². The van der Waals surface area contributed by atoms with Gasteiger partial charge in [0.1, 0.15) is 30.2 Å². The van der Waals surface area contributed by atoms with Gasteiger partial charge in [0.15, 0.2) is 5.96 Å². The van der Waals surface area contributed by atoms with Crippen LogP contribution in [0.1, 0.15) is 71.6 Å². The number of nitrogens with one attached hydrogen (secondary N) is 6. The van der Waals surface area contributed by atoms with Crippen molar-refractivity contribution in [2.45, 2.75) is 102 Å². The largest absolute Gasteiger partial charge is 0.480 e. The zero-order valence-corrected chi connectivity index (χ0v) is 32.2. The Morgan fingerprint density at radius 1 is 0.754 bits per heavy atom. The van der Waals surface area contributed by atoms with E-state index in [0.29, 0.717) is 25.8 Å². The van der Waals surface area contributed by atoms with Crippen LogP contribution < -0.4 is 60.6 Å². The van der Waals surface area contributed by atoms with Gasteiger partial charge in [0.25, 0.3) is 0 Å². The lowest BCUT2D eigenvalue weighted by Crippen LogP contribution is -2.58. The van der Waals surface area contributed by atoms with Gasteiger partial charge in [-0.2, -0.15) is 0 Å². The number of aliphatic imine (C=N–C) groups is 1. The number of primary amides is 2. The number of aliphatic carboxylic acids is 1. The lowest BCUT2D eigenvalue weighted by atomic mass is 9.97. The first kappa shape index (κ1) is 48.9. The number of amides is 9. The molecule has 0 bridgehead atoms. The number of nitrogens with zero attached hydrogens (tertiary/aromatic N) is 2. The highest BCUT2D eigenvalue weighted by Crippen LogP contribution is 2.18. The van der Waals surface area contributed by atoms with E-state index in [-0.39, 0.29) is 57.6 Å². The standard InChI is InChI=1S/C33H57N13O11/c1-3-17(2)27(45-25(50)16-41-29(53)19(8-10-22(35)47)43-30(54)21-7-5-13-46(21)26(51)14-34)31(55)44-18(6-4-12-39-33(37)38)28(52)40-15-24(49)42-20(32(56)57)9-11-23(36)48/h17-21,27H,3-16,34H2,1-2H3,(H2,35,47)(H2,36,48)(H,40,52)(H,41,53)(H,42,49)(H,43,54)(H,44,55)(H,45,50)(H,56,57)(H4,37,38,39)/t17-,18-,19-,20-,21-,27-/m0/s1. The van der Waals surface area contributed by atoms with Crippen LogP contribution in [-0.2, 0) is 47.9 Å². The summed E-state index contributed by atoms with van der Waals surface area (Å²) >= 11 is 0. The summed E-state index contributed by atoms with van der Waals surface area (Å²) in [5.74, 6) is -9.00. The molecule has 1 aliphatic heterocycles. The van der Waals surface area contributed by atoms with Crippen LogP contribution in [0.2, 0.25) is 0 Å². The molecule has 1 heterocycles. The highest BCUT2D eigenvalue weighted by molar-refractivity contribution is 5.96. The molecule has 320 valence electrons. The number of hydrogen-bond acceptors (Lipinski definition) is 12. The van der Waals surface area contributed by atoms with Gasteiger partial charge in [-0.25, -0.2) is 4.79 Å². The number of likely N-dealkylation sites (tertiary alicyclic amines) is 1. The predicted octanol–water partition coefficient (Wildman–Crippen LogP) is -6.18. The van der Waals surface area contributed by atoms with Crippen molar-refractivity contribution in [1.82, 2.24) is 36.8 Å². The summed E-state index contributed by atoms with van der Waals surface area (Å²) < 4.78 is 0. The van der Waals surface area contributed by atoms with E-state index in [2.05, 4.69) is 36.9 Å². The van der Waals surface area contributed by atoms with E-state index in [1.165, 1.54) is 4.90 Å². The molecule has 6 atom stereocenters. The third kappa shape index (κ3) is 18.4. The quantitative estimate of drug-likeness (QED) is 0.0220. The van der Waals surface area contributed by atoms with Crippen LogP contribution in [0, 0.1) is 5.92 Å². The number of guanidine groups is 1. The zero-order valence-electron chi connectivity index (χ0n) is 32.2. The van der Waals surface area contributed by atoms with Gasteiger partial charge in [0.05, 0.1) is 19.6 Å². The first-order valence-electron chi connectivity index (χ1n) is 18.4. The fourth-order valence-corrected chi connectivity index (χ4v) is 5.61. The summed E-state index contributed by atoms with van der Waals surface area (Å²) in [7, 11) is 0. The highest BCUT2D eigenvalue weighted by atomic mass is 16.4. The van der Waals surface area contributed by atoms with E-state index in [1.807, 2.05) is 0 Å². The lowest BCUT2D eigenvalue weighted by molar-refractivity contribution is -0.142. The highest BCUT2D eigenvalue weighted by Gasteiger charge is 2.36. The fourth-order valence-electron chi connectivity index (χ4n) is 5.61. The van der Waals surface area contributed by atoms with Gasteiger partial charge >= 0.3 is 5.97 Å². The Bertz CT molecular complexity index is 1510. The second-order valence-electron chi connectivity index (χ2n) is 13.4. The second kappa shape index (κ2) is 25.2. The maximum absolute atomic E-state index is 13.6. The molecular weight excluding hydrogens is 754 g/mol. The molecular formula is C33H57N13O11. The second-order valence-corrected chi connectivity index (χ2v) is 13.4. The van der Waals surface area contributed by atoms with Crippen molar-refractivity contribution in [3.63, 3.8) is 0 Å². The Morgan fingerprint density at radius 2 is 1.30 bits per heavy atom. The monoisotopic (exact) mass is 811 g/mol. The lowest BCUT2D eigenvalue weighted by Gasteiger charge is -2.27. The molecule has 0 aliphatic carbocycles. The normalized spacial score (nSPS) is 16.0. The molecule has 57 heavy (non-hydrogen) atoms. The molecule has 0 aromatic carbocycles. The molecule has 0 saturated carbocycles. The Hall–Kier alpha value is -6.07. The Morgan fingerprint density at radius 3 is 1.81 bits per heavy atom. The number of hydrogen-bond donors (Lipinski definition) is 12. The van der Waals surface area contributed by atoms with Crippen LogP contribution in [0.4, 0.5) is 0 Å². The van der Waals surface area contributed by atoms with Crippen molar-refractivity contribution in [3.05, 3.63) is 0 Å². The molecule has 1 fully saturated rings. The summed E-state index contributed by atoms with van der Waals surface area (Å²) in [6.07, 6.45) is 0.259. The Balaban J connectivity index is 3.03. The molecule has 0 aromatic rings. The number of carboxylic acid groups (broad SMARTS) is 1. The van der Waals surface area contributed by atoms with Crippen LogP contribution >= 0.6 is 0 Å². The molecule has 0 unspecified atom stereocenters. The maximum Gasteiger partial charge on any atom is 0.326 e. The molecule has 0 spiro atoms. The minimum Gasteiger partial charge on any atom is -0.480 e. The van der Waals surface area contributed by atoms with Crippen LogP contribution in [0.5, 0.6) is 0 Å². The smallest absolute Gasteiger partial charge is 0.326 e. The van der Waals surface area contributed by atoms with E-state index in [9.17, 15) is 53.1 Å². The summed E-state index contributed by atoms with van der Waals surface area (Å²) in [5, 5.41) is 23.8. The third-order valence-corrected chi connectivity index (χ3v) is 8.91. The van der Waals surface area contributed by atoms with Crippen molar-refractivity contribution in [2.75, 3.05) is 32.7 Å². The third-order valence-electron chi connectivity index (χ3n) is 8.91. The Labute approximate surface area is 328 Å². The summed E-state index contributed by atoms with van der Waals surface area (Å²) in [6.45, 7) is 2.07. The number of nitrogens with two attached hydrogens (primary N) is 5. The summed E-state index contributed by atoms with van der Waals surface area (Å²) in [5.41, 5.74) is 26.5. The van der Waals surface area contributed by atoms with Gasteiger partial charge < -0.3 is 70.6 Å². The first-order valence-corrected chi connectivity index (χ1v) is 18.4. The molecule has 9 amide bonds. The average molecular weight is 812 g/mol. The maximum atomic E-state index is 13.6. The minimum absolute atomic E-state index is 0.0407. The molecule has 24 nitrogen and oxygen atoms in total. The van der Waals surface area contributed by atoms with E-state index in [4.69, 9.17) is 28.7 Å². The first-order chi connectivity index (χ1) is 26.8. The van der Waals surface area contributed by atoms with Gasteiger partial charge in [-0.05, 0) is 44.4 Å². The topological polar surface area (TPSA) is 409 Å². The van der Waals surface area contributed by atoms with Crippen molar-refractivity contribution in [3.8, 4) is 0 Å². The van der Waals surface area contributed by atoms with E-state index in [0.717, 1.165) is 0 Å². The van der Waals surface area contributed by atoms with E-state index in [1.54, 1.807) is 13.8 Å². The average Bonchev–Trinajstić information content (AvgIpc) is 3.65. The summed E-state index contributed by atoms with van der Waals surface area (Å²) in [4.78, 5) is 130. The number of carbonyl (C=O) groups excluding carboxylic acids is 9. The number of carboxylic acids is 1. The van der Waals surface area contributed by atoms with Crippen molar-refractivity contribution < 1.29 is 53.1 Å². The predicted molar refractivity (Wildman–Crippen MR) is 201 cm³/mol. The SMILES string of the molecule is CC[C@H](C)[C@H](NC(=O)CNC(=O)[C@H](CCC(N)=O)NC(=O)[C@@H]1CCCN1C(=O)CN)C(=O)N[C@@H](CCCN=C(N)N)C(=O)NCC(=O)N[C@@H](CCC(N)=O)C(=O)O. The van der Waals surface area contributed by atoms with Gasteiger partial charge in [-0.3, -0.25) is 48.1 Å². The molecule has 0 aromatic heterocycles. The van der Waals surface area contributed by atoms with Crippen LogP contribution in [-0.4, -0.2) is 138 Å². The molecule has 1 aliphatic rings. The summed E-state index contributed by atoms with van der Waals surface area (Å²) in [6, 6.07) is -6.19. The number of carbonyl (C=O) groups is 10. The van der Waals surface area contributed by atoms with Crippen LogP contribution in [0.15, 0.2) is 4.99 Å². The zero-order chi connectivity index (χ0) is 43.2. The number of rotatable bonds is 26. The van der Waals surface area contributed by atoms with Crippen molar-refractivity contribution >= 4 is 65.1 Å².